The number of thiocarbonyl (C=S) groups is 1. The Kier molecular flexibility index (Phi) is 5.65. The standard InChI is InChI=1S/C22H18ClN5OS/c1-14-6-2-5-9-19(14)28-20(29)17-7-3-4-8-18(17)25-21(28)26-27-22(30)24-16-12-10-15(23)11-13-16/h2-13H,1H3,(H,25,26)(H2,24,27,30). The summed E-state index contributed by atoms with van der Waals surface area (Å²) < 4.78 is 1.54. The highest BCUT2D eigenvalue weighted by atomic mass is 35.5. The molecule has 0 fully saturated rings. The molecule has 1 heterocycles. The lowest BCUT2D eigenvalue weighted by atomic mass is 10.2. The van der Waals surface area contributed by atoms with Gasteiger partial charge in [0.15, 0.2) is 5.11 Å². The van der Waals surface area contributed by atoms with Gasteiger partial charge in [-0.25, -0.2) is 9.55 Å². The Labute approximate surface area is 183 Å². The first-order valence-electron chi connectivity index (χ1n) is 9.19. The molecule has 0 aliphatic carbocycles. The lowest BCUT2D eigenvalue weighted by molar-refractivity contribution is 0.922. The lowest BCUT2D eigenvalue weighted by Crippen LogP contribution is -2.36. The second-order valence-corrected chi connectivity index (χ2v) is 7.44. The molecular formula is C22H18ClN5OS. The molecule has 3 aromatic carbocycles. The molecule has 0 unspecified atom stereocenters. The molecule has 0 aliphatic heterocycles. The molecular weight excluding hydrogens is 418 g/mol. The van der Waals surface area contributed by atoms with Crippen molar-refractivity contribution in [2.24, 2.45) is 0 Å². The minimum atomic E-state index is -0.171. The van der Waals surface area contributed by atoms with Gasteiger partial charge in [-0.3, -0.25) is 15.6 Å². The van der Waals surface area contributed by atoms with Crippen LogP contribution in [0.3, 0.4) is 0 Å². The maximum Gasteiger partial charge on any atom is 0.267 e. The van der Waals surface area contributed by atoms with Gasteiger partial charge >= 0.3 is 0 Å². The Morgan fingerprint density at radius 2 is 1.70 bits per heavy atom. The minimum Gasteiger partial charge on any atom is -0.331 e. The number of halogens is 1. The molecule has 0 radical (unpaired) electrons. The number of anilines is 2. The first-order chi connectivity index (χ1) is 14.5. The van der Waals surface area contributed by atoms with E-state index < -0.39 is 0 Å². The Morgan fingerprint density at radius 3 is 2.47 bits per heavy atom. The third-order valence-corrected chi connectivity index (χ3v) is 4.98. The molecule has 0 saturated heterocycles. The van der Waals surface area contributed by atoms with Crippen molar-refractivity contribution in [2.45, 2.75) is 6.92 Å². The van der Waals surface area contributed by atoms with Gasteiger partial charge in [0, 0.05) is 10.7 Å². The van der Waals surface area contributed by atoms with Crippen LogP contribution in [0.1, 0.15) is 5.56 Å². The molecule has 3 N–H and O–H groups in total. The van der Waals surface area contributed by atoms with Crippen molar-refractivity contribution in [1.29, 1.82) is 0 Å². The predicted molar refractivity (Wildman–Crippen MR) is 127 cm³/mol. The van der Waals surface area contributed by atoms with E-state index in [-0.39, 0.29) is 5.56 Å². The second kappa shape index (κ2) is 8.52. The maximum atomic E-state index is 13.3. The fraction of sp³-hybridized carbons (Fsp3) is 0.0455. The van der Waals surface area contributed by atoms with E-state index >= 15 is 0 Å². The highest BCUT2D eigenvalue weighted by Crippen LogP contribution is 2.18. The monoisotopic (exact) mass is 435 g/mol. The van der Waals surface area contributed by atoms with Crippen LogP contribution in [0.2, 0.25) is 5.02 Å². The average Bonchev–Trinajstić information content (AvgIpc) is 2.75. The van der Waals surface area contributed by atoms with E-state index in [4.69, 9.17) is 23.8 Å². The van der Waals surface area contributed by atoms with Crippen molar-refractivity contribution in [1.82, 2.24) is 15.0 Å². The van der Waals surface area contributed by atoms with Gasteiger partial charge < -0.3 is 5.32 Å². The number of nitrogens with zero attached hydrogens (tertiary/aromatic N) is 2. The van der Waals surface area contributed by atoms with Crippen LogP contribution in [0.4, 0.5) is 11.6 Å². The molecule has 0 saturated carbocycles. The number of hydrogen-bond donors (Lipinski definition) is 3. The van der Waals surface area contributed by atoms with Gasteiger partial charge in [0.05, 0.1) is 16.6 Å². The number of nitrogens with one attached hydrogen (secondary N) is 3. The van der Waals surface area contributed by atoms with Crippen LogP contribution in [-0.2, 0) is 0 Å². The Morgan fingerprint density at radius 1 is 1.00 bits per heavy atom. The van der Waals surface area contributed by atoms with Gasteiger partial charge in [0.25, 0.3) is 5.56 Å². The molecule has 0 bridgehead atoms. The smallest absolute Gasteiger partial charge is 0.267 e. The third kappa shape index (κ3) is 4.12. The second-order valence-electron chi connectivity index (χ2n) is 6.59. The number of para-hydroxylation sites is 2. The summed E-state index contributed by atoms with van der Waals surface area (Å²) in [5.41, 5.74) is 8.76. The van der Waals surface area contributed by atoms with E-state index in [0.29, 0.717) is 27.0 Å². The van der Waals surface area contributed by atoms with E-state index in [9.17, 15) is 4.79 Å². The Balaban J connectivity index is 1.68. The van der Waals surface area contributed by atoms with E-state index in [1.165, 1.54) is 4.57 Å². The number of hydrogen-bond acceptors (Lipinski definition) is 4. The third-order valence-electron chi connectivity index (χ3n) is 4.52. The first-order valence-corrected chi connectivity index (χ1v) is 9.98. The summed E-state index contributed by atoms with van der Waals surface area (Å²) >= 11 is 11.3. The summed E-state index contributed by atoms with van der Waals surface area (Å²) in [7, 11) is 0. The molecule has 0 atom stereocenters. The maximum absolute atomic E-state index is 13.3. The van der Waals surface area contributed by atoms with Crippen LogP contribution < -0.4 is 21.7 Å². The zero-order valence-electron chi connectivity index (χ0n) is 16.0. The van der Waals surface area contributed by atoms with Crippen LogP contribution >= 0.6 is 23.8 Å². The van der Waals surface area contributed by atoms with Crippen LogP contribution in [0.15, 0.2) is 77.6 Å². The van der Waals surface area contributed by atoms with Gasteiger partial charge in [-0.15, -0.1) is 0 Å². The van der Waals surface area contributed by atoms with Crippen molar-refractivity contribution in [2.75, 3.05) is 10.7 Å². The zero-order valence-corrected chi connectivity index (χ0v) is 17.6. The van der Waals surface area contributed by atoms with E-state index in [1.54, 1.807) is 24.3 Å². The Bertz CT molecular complexity index is 1290. The van der Waals surface area contributed by atoms with Crippen molar-refractivity contribution in [3.05, 3.63) is 93.7 Å². The van der Waals surface area contributed by atoms with E-state index in [2.05, 4.69) is 21.2 Å². The van der Waals surface area contributed by atoms with Gasteiger partial charge in [0.1, 0.15) is 0 Å². The number of aromatic nitrogens is 2. The summed E-state index contributed by atoms with van der Waals surface area (Å²) in [6.07, 6.45) is 0. The summed E-state index contributed by atoms with van der Waals surface area (Å²) in [6.45, 7) is 1.95. The predicted octanol–water partition coefficient (Wildman–Crippen LogP) is 4.66. The van der Waals surface area contributed by atoms with Crippen molar-refractivity contribution in [3.63, 3.8) is 0 Å². The molecule has 4 rings (SSSR count). The number of benzene rings is 3. The van der Waals surface area contributed by atoms with Crippen LogP contribution in [-0.4, -0.2) is 14.7 Å². The number of rotatable bonds is 4. The van der Waals surface area contributed by atoms with Crippen molar-refractivity contribution in [3.8, 4) is 5.69 Å². The number of aryl methyl sites for hydroxylation is 1. The minimum absolute atomic E-state index is 0.171. The molecule has 150 valence electrons. The van der Waals surface area contributed by atoms with Gasteiger partial charge in [-0.05, 0) is 67.2 Å². The zero-order chi connectivity index (χ0) is 21.1. The molecule has 30 heavy (non-hydrogen) atoms. The van der Waals surface area contributed by atoms with E-state index in [1.807, 2.05) is 55.5 Å². The van der Waals surface area contributed by atoms with Crippen LogP contribution in [0.5, 0.6) is 0 Å². The molecule has 6 nitrogen and oxygen atoms in total. The molecule has 4 aromatic rings. The van der Waals surface area contributed by atoms with Gasteiger partial charge in [0.2, 0.25) is 5.95 Å². The van der Waals surface area contributed by atoms with Crippen molar-refractivity contribution < 1.29 is 0 Å². The summed E-state index contributed by atoms with van der Waals surface area (Å²) in [4.78, 5) is 17.9. The van der Waals surface area contributed by atoms with Crippen molar-refractivity contribution >= 4 is 51.5 Å². The number of fused-ring (bicyclic) bond motifs is 1. The summed E-state index contributed by atoms with van der Waals surface area (Å²) in [5.74, 6) is 0.327. The fourth-order valence-electron chi connectivity index (χ4n) is 3.06. The normalized spacial score (nSPS) is 10.6. The summed E-state index contributed by atoms with van der Waals surface area (Å²) in [6, 6.07) is 22.0. The van der Waals surface area contributed by atoms with Gasteiger partial charge in [-0.1, -0.05) is 41.9 Å². The largest absolute Gasteiger partial charge is 0.331 e. The molecule has 0 amide bonds. The van der Waals surface area contributed by atoms with Crippen LogP contribution in [0.25, 0.3) is 16.6 Å². The fourth-order valence-corrected chi connectivity index (χ4v) is 3.36. The topological polar surface area (TPSA) is 71.0 Å². The molecule has 8 heteroatoms. The molecule has 1 aromatic heterocycles. The molecule has 0 aliphatic rings. The average molecular weight is 436 g/mol. The summed E-state index contributed by atoms with van der Waals surface area (Å²) in [5, 5.41) is 4.54. The van der Waals surface area contributed by atoms with Crippen LogP contribution in [0, 0.1) is 6.92 Å². The lowest BCUT2D eigenvalue weighted by Gasteiger charge is -2.18. The Hall–Kier alpha value is -3.42. The highest BCUT2D eigenvalue weighted by Gasteiger charge is 2.14. The number of hydrazine groups is 1. The quantitative estimate of drug-likeness (QED) is 0.320. The highest BCUT2D eigenvalue weighted by molar-refractivity contribution is 7.80. The SMILES string of the molecule is Cc1ccccc1-n1c(NNC(=S)Nc2ccc(Cl)cc2)nc2ccccc2c1=O. The first kappa shape index (κ1) is 19.9. The van der Waals surface area contributed by atoms with E-state index in [0.717, 1.165) is 16.9 Å². The molecule has 0 spiro atoms. The van der Waals surface area contributed by atoms with Gasteiger partial charge in [-0.2, -0.15) is 0 Å².